The number of nitrogens with zero attached hydrogens (tertiary/aromatic N) is 3. The van der Waals surface area contributed by atoms with E-state index < -0.39 is 17.7 Å². The molecule has 7 nitrogen and oxygen atoms in total. The molecule has 30 heavy (non-hydrogen) atoms. The first-order chi connectivity index (χ1) is 14.3. The van der Waals surface area contributed by atoms with Crippen molar-refractivity contribution in [1.29, 1.82) is 0 Å². The summed E-state index contributed by atoms with van der Waals surface area (Å²) in [6, 6.07) is 9.46. The van der Waals surface area contributed by atoms with Crippen LogP contribution >= 0.6 is 11.3 Å². The van der Waals surface area contributed by atoms with E-state index in [2.05, 4.69) is 17.1 Å². The van der Waals surface area contributed by atoms with E-state index in [1.165, 1.54) is 4.90 Å². The molecule has 158 valence electrons. The fourth-order valence-corrected chi connectivity index (χ4v) is 4.36. The van der Waals surface area contributed by atoms with Gasteiger partial charge in [0.25, 0.3) is 0 Å². The van der Waals surface area contributed by atoms with Crippen molar-refractivity contribution in [1.82, 2.24) is 14.3 Å². The molecule has 0 bridgehead atoms. The molecule has 0 saturated carbocycles. The van der Waals surface area contributed by atoms with E-state index in [1.54, 1.807) is 11.3 Å². The zero-order chi connectivity index (χ0) is 21.3. The van der Waals surface area contributed by atoms with Gasteiger partial charge in [0.05, 0.1) is 30.2 Å². The Balaban J connectivity index is 1.47. The minimum Gasteiger partial charge on any atom is -0.444 e. The fraction of sp³-hybridized carbons (Fsp3) is 0.409. The van der Waals surface area contributed by atoms with Gasteiger partial charge in [0.15, 0.2) is 10.7 Å². The Kier molecular flexibility index (Phi) is 5.62. The second-order valence-corrected chi connectivity index (χ2v) is 9.30. The third kappa shape index (κ3) is 4.55. The number of hydrogen-bond donors (Lipinski definition) is 0. The molecule has 0 unspecified atom stereocenters. The Hall–Kier alpha value is -2.71. The number of ketones is 1. The van der Waals surface area contributed by atoms with E-state index in [4.69, 9.17) is 9.47 Å². The van der Waals surface area contributed by atoms with E-state index in [1.807, 2.05) is 55.8 Å². The lowest BCUT2D eigenvalue weighted by atomic mass is 10.1. The van der Waals surface area contributed by atoms with Gasteiger partial charge < -0.3 is 9.47 Å². The number of hydrogen-bond acceptors (Lipinski definition) is 6. The second kappa shape index (κ2) is 8.20. The van der Waals surface area contributed by atoms with Crippen molar-refractivity contribution < 1.29 is 19.1 Å². The molecule has 0 spiro atoms. The van der Waals surface area contributed by atoms with Gasteiger partial charge in [-0.15, -0.1) is 0 Å². The molecule has 1 amide bonds. The van der Waals surface area contributed by atoms with Crippen LogP contribution in [0.3, 0.4) is 0 Å². The summed E-state index contributed by atoms with van der Waals surface area (Å²) < 4.78 is 12.9. The average Bonchev–Trinajstić information content (AvgIpc) is 3.26. The molecule has 3 heterocycles. The number of rotatable bonds is 4. The SMILES string of the molecule is CC(C)(C)OC(=O)N1CCOC[C@H]1C(=O)Cc1cn2cc(-c3ccccc3)sc2n1. The molecule has 8 heteroatoms. The predicted molar refractivity (Wildman–Crippen MR) is 115 cm³/mol. The summed E-state index contributed by atoms with van der Waals surface area (Å²) in [5.74, 6) is -0.102. The summed E-state index contributed by atoms with van der Waals surface area (Å²) in [6.45, 7) is 6.34. The lowest BCUT2D eigenvalue weighted by Gasteiger charge is -2.35. The topological polar surface area (TPSA) is 73.1 Å². The largest absolute Gasteiger partial charge is 0.444 e. The number of benzene rings is 1. The Bertz CT molecular complexity index is 1020. The molecular weight excluding hydrogens is 402 g/mol. The highest BCUT2D eigenvalue weighted by Crippen LogP contribution is 2.28. The van der Waals surface area contributed by atoms with Crippen molar-refractivity contribution in [2.75, 3.05) is 19.8 Å². The number of morpholine rings is 1. The van der Waals surface area contributed by atoms with Gasteiger partial charge in [0, 0.05) is 18.9 Å². The first kappa shape index (κ1) is 20.6. The molecule has 2 aromatic heterocycles. The third-order valence-electron chi connectivity index (χ3n) is 4.75. The minimum atomic E-state index is -0.659. The van der Waals surface area contributed by atoms with Crippen LogP contribution in [0.15, 0.2) is 42.7 Å². The first-order valence-corrected chi connectivity index (χ1v) is 10.7. The number of ether oxygens (including phenoxy) is 2. The van der Waals surface area contributed by atoms with Crippen LogP contribution in [-0.2, 0) is 20.7 Å². The van der Waals surface area contributed by atoms with Gasteiger partial charge in [-0.3, -0.25) is 14.1 Å². The van der Waals surface area contributed by atoms with E-state index in [0.29, 0.717) is 18.8 Å². The van der Waals surface area contributed by atoms with E-state index in [9.17, 15) is 9.59 Å². The maximum atomic E-state index is 13.0. The van der Waals surface area contributed by atoms with Gasteiger partial charge in [0.1, 0.15) is 11.6 Å². The predicted octanol–water partition coefficient (Wildman–Crippen LogP) is 3.81. The minimum absolute atomic E-state index is 0.102. The first-order valence-electron chi connectivity index (χ1n) is 9.93. The Morgan fingerprint density at radius 1 is 1.23 bits per heavy atom. The Labute approximate surface area is 179 Å². The molecule has 1 aromatic carbocycles. The van der Waals surface area contributed by atoms with Crippen LogP contribution in [0, 0.1) is 0 Å². The average molecular weight is 428 g/mol. The summed E-state index contributed by atoms with van der Waals surface area (Å²) in [6.07, 6.45) is 3.55. The number of Topliss-reactive ketones (excluding diaryl/α,β-unsaturated/α-hetero) is 1. The standard InChI is InChI=1S/C22H25N3O4S/c1-22(2,3)29-21(27)25-9-10-28-14-17(25)18(26)11-16-12-24-13-19(30-20(24)23-16)15-7-5-4-6-8-15/h4-8,12-13,17H,9-11,14H2,1-3H3/t17-/m0/s1. The van der Waals surface area contributed by atoms with E-state index in [-0.39, 0.29) is 18.8 Å². The van der Waals surface area contributed by atoms with Crippen molar-refractivity contribution in [3.05, 3.63) is 48.4 Å². The lowest BCUT2D eigenvalue weighted by molar-refractivity contribution is -0.129. The molecule has 0 radical (unpaired) electrons. The van der Waals surface area contributed by atoms with Gasteiger partial charge >= 0.3 is 6.09 Å². The summed E-state index contributed by atoms with van der Waals surface area (Å²) in [5, 5.41) is 0. The molecular formula is C22H25N3O4S. The number of carbonyl (C=O) groups excluding carboxylic acids is 2. The summed E-state index contributed by atoms with van der Waals surface area (Å²) in [7, 11) is 0. The summed E-state index contributed by atoms with van der Waals surface area (Å²) >= 11 is 1.58. The van der Waals surface area contributed by atoms with Crippen molar-refractivity contribution in [2.24, 2.45) is 0 Å². The molecule has 3 aromatic rings. The molecule has 1 aliphatic rings. The molecule has 0 N–H and O–H groups in total. The highest BCUT2D eigenvalue weighted by Gasteiger charge is 2.35. The van der Waals surface area contributed by atoms with E-state index >= 15 is 0 Å². The van der Waals surface area contributed by atoms with Crippen LogP contribution in [0.2, 0.25) is 0 Å². The third-order valence-corrected chi connectivity index (χ3v) is 5.79. The van der Waals surface area contributed by atoms with Crippen LogP contribution in [-0.4, -0.2) is 57.6 Å². The molecule has 1 fully saturated rings. The van der Waals surface area contributed by atoms with Crippen molar-refractivity contribution in [3.63, 3.8) is 0 Å². The monoisotopic (exact) mass is 427 g/mol. The molecule has 1 aliphatic heterocycles. The van der Waals surface area contributed by atoms with Gasteiger partial charge in [0.2, 0.25) is 0 Å². The zero-order valence-corrected chi connectivity index (χ0v) is 18.1. The summed E-state index contributed by atoms with van der Waals surface area (Å²) in [5.41, 5.74) is 1.20. The van der Waals surface area contributed by atoms with Gasteiger partial charge in [-0.05, 0) is 26.3 Å². The van der Waals surface area contributed by atoms with Gasteiger partial charge in [-0.1, -0.05) is 41.7 Å². The Morgan fingerprint density at radius 2 is 2.00 bits per heavy atom. The number of amides is 1. The number of imidazole rings is 1. The maximum absolute atomic E-state index is 13.0. The fourth-order valence-electron chi connectivity index (χ4n) is 3.37. The number of thiazole rings is 1. The quantitative estimate of drug-likeness (QED) is 0.633. The zero-order valence-electron chi connectivity index (χ0n) is 17.3. The van der Waals surface area contributed by atoms with Crippen LogP contribution in [0.1, 0.15) is 26.5 Å². The maximum Gasteiger partial charge on any atom is 0.411 e. The van der Waals surface area contributed by atoms with Crippen LogP contribution in [0.4, 0.5) is 4.79 Å². The van der Waals surface area contributed by atoms with E-state index in [0.717, 1.165) is 15.4 Å². The number of fused-ring (bicyclic) bond motifs is 1. The summed E-state index contributed by atoms with van der Waals surface area (Å²) in [4.78, 5) is 33.5. The van der Waals surface area contributed by atoms with Crippen LogP contribution < -0.4 is 0 Å². The van der Waals surface area contributed by atoms with Gasteiger partial charge in [-0.25, -0.2) is 9.78 Å². The molecule has 0 aliphatic carbocycles. The second-order valence-electron chi connectivity index (χ2n) is 8.29. The highest BCUT2D eigenvalue weighted by molar-refractivity contribution is 7.20. The molecule has 1 atom stereocenters. The number of aromatic nitrogens is 2. The molecule has 1 saturated heterocycles. The van der Waals surface area contributed by atoms with Crippen molar-refractivity contribution in [3.8, 4) is 10.4 Å². The molecule has 4 rings (SSSR count). The van der Waals surface area contributed by atoms with Crippen molar-refractivity contribution in [2.45, 2.75) is 38.8 Å². The van der Waals surface area contributed by atoms with Crippen LogP contribution in [0.5, 0.6) is 0 Å². The highest BCUT2D eigenvalue weighted by atomic mass is 32.1. The normalized spacial score (nSPS) is 17.3. The lowest BCUT2D eigenvalue weighted by Crippen LogP contribution is -2.54. The van der Waals surface area contributed by atoms with Gasteiger partial charge in [-0.2, -0.15) is 0 Å². The number of carbonyl (C=O) groups is 2. The smallest absolute Gasteiger partial charge is 0.411 e. The Morgan fingerprint density at radius 3 is 2.70 bits per heavy atom. The van der Waals surface area contributed by atoms with Crippen LogP contribution in [0.25, 0.3) is 15.4 Å². The van der Waals surface area contributed by atoms with Crippen molar-refractivity contribution >= 4 is 28.2 Å².